The van der Waals surface area contributed by atoms with Crippen LogP contribution in [-0.2, 0) is 4.79 Å². The highest BCUT2D eigenvalue weighted by molar-refractivity contribution is 5.76. The maximum absolute atomic E-state index is 11.1. The van der Waals surface area contributed by atoms with Gasteiger partial charge in [0.2, 0.25) is 5.91 Å². The Morgan fingerprint density at radius 1 is 1.50 bits per heavy atom. The highest BCUT2D eigenvalue weighted by Crippen LogP contribution is 1.81. The molecule has 4 heteroatoms. The smallest absolute Gasteiger partial charge is 0.221 e. The van der Waals surface area contributed by atoms with Crippen molar-refractivity contribution >= 4 is 12.1 Å². The van der Waals surface area contributed by atoms with Crippen molar-refractivity contribution in [2.75, 3.05) is 26.7 Å². The molecule has 0 atom stereocenters. The van der Waals surface area contributed by atoms with Gasteiger partial charge in [0.1, 0.15) is 0 Å². The number of nitrogens with one attached hydrogen (secondary N) is 2. The van der Waals surface area contributed by atoms with Crippen molar-refractivity contribution in [3.8, 4) is 0 Å². The van der Waals surface area contributed by atoms with E-state index in [0.717, 1.165) is 19.5 Å². The Labute approximate surface area is 85.5 Å². The predicted octanol–water partition coefficient (Wildman–Crippen LogP) is 0.359. The SMILES string of the molecule is C=CC=NCCCNC(=O)CCNC. The Balaban J connectivity index is 3.22. The third-order valence-corrected chi connectivity index (χ3v) is 1.60. The molecular weight excluding hydrogens is 178 g/mol. The van der Waals surface area contributed by atoms with E-state index in [1.54, 1.807) is 12.3 Å². The summed E-state index contributed by atoms with van der Waals surface area (Å²) in [6.45, 7) is 5.66. The first-order chi connectivity index (χ1) is 6.81. The lowest BCUT2D eigenvalue weighted by molar-refractivity contribution is -0.120. The van der Waals surface area contributed by atoms with Gasteiger partial charge in [0, 0.05) is 32.3 Å². The van der Waals surface area contributed by atoms with Gasteiger partial charge in [0.25, 0.3) is 0 Å². The number of hydrogen-bond donors (Lipinski definition) is 2. The lowest BCUT2D eigenvalue weighted by Crippen LogP contribution is -2.27. The molecule has 0 saturated heterocycles. The first-order valence-electron chi connectivity index (χ1n) is 4.83. The van der Waals surface area contributed by atoms with Crippen LogP contribution in [-0.4, -0.2) is 38.8 Å². The highest BCUT2D eigenvalue weighted by atomic mass is 16.1. The Kier molecular flexibility index (Phi) is 9.10. The van der Waals surface area contributed by atoms with Crippen LogP contribution >= 0.6 is 0 Å². The second-order valence-corrected chi connectivity index (χ2v) is 2.85. The fourth-order valence-corrected chi connectivity index (χ4v) is 0.874. The number of amides is 1. The van der Waals surface area contributed by atoms with Gasteiger partial charge in [-0.05, 0) is 13.5 Å². The van der Waals surface area contributed by atoms with Crippen LogP contribution in [0.2, 0.25) is 0 Å². The molecule has 0 aromatic carbocycles. The van der Waals surface area contributed by atoms with E-state index in [-0.39, 0.29) is 5.91 Å². The van der Waals surface area contributed by atoms with Gasteiger partial charge in [0.05, 0.1) is 0 Å². The molecule has 0 aromatic rings. The van der Waals surface area contributed by atoms with Crippen molar-refractivity contribution in [2.45, 2.75) is 12.8 Å². The number of carbonyl (C=O) groups is 1. The van der Waals surface area contributed by atoms with Gasteiger partial charge in [-0.3, -0.25) is 9.79 Å². The molecule has 0 radical (unpaired) electrons. The molecule has 4 nitrogen and oxygen atoms in total. The van der Waals surface area contributed by atoms with Crippen molar-refractivity contribution in [2.24, 2.45) is 4.99 Å². The normalized spacial score (nSPS) is 10.4. The van der Waals surface area contributed by atoms with Crippen molar-refractivity contribution in [1.29, 1.82) is 0 Å². The minimum Gasteiger partial charge on any atom is -0.356 e. The summed E-state index contributed by atoms with van der Waals surface area (Å²) < 4.78 is 0. The summed E-state index contributed by atoms with van der Waals surface area (Å²) in [6.07, 6.45) is 4.72. The number of carbonyl (C=O) groups excluding carboxylic acids is 1. The summed E-state index contributed by atoms with van der Waals surface area (Å²) in [6, 6.07) is 0. The number of hydrogen-bond acceptors (Lipinski definition) is 3. The second-order valence-electron chi connectivity index (χ2n) is 2.85. The van der Waals surface area contributed by atoms with Crippen molar-refractivity contribution in [3.63, 3.8) is 0 Å². The van der Waals surface area contributed by atoms with Crippen LogP contribution < -0.4 is 10.6 Å². The number of aliphatic imine (C=N–C) groups is 1. The third-order valence-electron chi connectivity index (χ3n) is 1.60. The summed E-state index contributed by atoms with van der Waals surface area (Å²) in [5.41, 5.74) is 0. The van der Waals surface area contributed by atoms with Gasteiger partial charge in [0.15, 0.2) is 0 Å². The van der Waals surface area contributed by atoms with Crippen LogP contribution in [0.3, 0.4) is 0 Å². The number of nitrogens with zero attached hydrogens (tertiary/aromatic N) is 1. The lowest BCUT2D eigenvalue weighted by Gasteiger charge is -2.02. The van der Waals surface area contributed by atoms with Crippen molar-refractivity contribution in [1.82, 2.24) is 10.6 Å². The first-order valence-corrected chi connectivity index (χ1v) is 4.83. The average molecular weight is 197 g/mol. The van der Waals surface area contributed by atoms with Crippen LogP contribution in [0, 0.1) is 0 Å². The quantitative estimate of drug-likeness (QED) is 0.436. The van der Waals surface area contributed by atoms with E-state index in [2.05, 4.69) is 22.2 Å². The van der Waals surface area contributed by atoms with Gasteiger partial charge >= 0.3 is 0 Å². The fraction of sp³-hybridized carbons (Fsp3) is 0.600. The third kappa shape index (κ3) is 8.93. The van der Waals surface area contributed by atoms with E-state index in [1.165, 1.54) is 0 Å². The summed E-state index contributed by atoms with van der Waals surface area (Å²) in [4.78, 5) is 15.1. The van der Waals surface area contributed by atoms with Crippen molar-refractivity contribution < 1.29 is 4.79 Å². The molecule has 0 rings (SSSR count). The van der Waals surface area contributed by atoms with Gasteiger partial charge in [-0.25, -0.2) is 0 Å². The molecule has 14 heavy (non-hydrogen) atoms. The zero-order valence-corrected chi connectivity index (χ0v) is 8.75. The van der Waals surface area contributed by atoms with E-state index in [1.807, 2.05) is 7.05 Å². The highest BCUT2D eigenvalue weighted by Gasteiger charge is 1.97. The molecule has 0 aliphatic heterocycles. The van der Waals surface area contributed by atoms with Gasteiger partial charge in [-0.2, -0.15) is 0 Å². The van der Waals surface area contributed by atoms with Gasteiger partial charge < -0.3 is 10.6 Å². The molecule has 0 spiro atoms. The lowest BCUT2D eigenvalue weighted by atomic mass is 10.3. The fourth-order valence-electron chi connectivity index (χ4n) is 0.874. The van der Waals surface area contributed by atoms with Gasteiger partial charge in [-0.15, -0.1) is 0 Å². The maximum atomic E-state index is 11.1. The molecular formula is C10H19N3O. The zero-order valence-electron chi connectivity index (χ0n) is 8.75. The van der Waals surface area contributed by atoms with E-state index < -0.39 is 0 Å². The molecule has 0 aliphatic carbocycles. The van der Waals surface area contributed by atoms with E-state index in [9.17, 15) is 4.79 Å². The summed E-state index contributed by atoms with van der Waals surface area (Å²) >= 11 is 0. The molecule has 0 aromatic heterocycles. The summed E-state index contributed by atoms with van der Waals surface area (Å²) in [7, 11) is 1.83. The molecule has 0 bridgehead atoms. The van der Waals surface area contributed by atoms with E-state index in [4.69, 9.17) is 0 Å². The molecule has 80 valence electrons. The van der Waals surface area contributed by atoms with Crippen molar-refractivity contribution in [3.05, 3.63) is 12.7 Å². The summed E-state index contributed by atoms with van der Waals surface area (Å²) in [5, 5.41) is 5.74. The standard InChI is InChI=1S/C10H19N3O/c1-3-6-12-7-4-8-13-10(14)5-9-11-2/h3,6,11H,1,4-5,7-9H2,2H3,(H,13,14). The molecule has 0 fully saturated rings. The molecule has 0 saturated carbocycles. The Morgan fingerprint density at radius 2 is 2.29 bits per heavy atom. The average Bonchev–Trinajstić information content (AvgIpc) is 2.20. The van der Waals surface area contributed by atoms with Gasteiger partial charge in [-0.1, -0.05) is 12.7 Å². The van der Waals surface area contributed by atoms with Crippen LogP contribution in [0.4, 0.5) is 0 Å². The number of rotatable bonds is 8. The molecule has 1 amide bonds. The molecule has 0 aliphatic rings. The van der Waals surface area contributed by atoms with Crippen LogP contribution in [0.25, 0.3) is 0 Å². The first kappa shape index (κ1) is 12.8. The molecule has 0 heterocycles. The Morgan fingerprint density at radius 3 is 2.93 bits per heavy atom. The topological polar surface area (TPSA) is 53.5 Å². The van der Waals surface area contributed by atoms with Crippen LogP contribution in [0.1, 0.15) is 12.8 Å². The Bertz CT molecular complexity index is 190. The molecule has 0 unspecified atom stereocenters. The second kappa shape index (κ2) is 9.92. The predicted molar refractivity (Wildman–Crippen MR) is 59.7 cm³/mol. The molecule has 2 N–H and O–H groups in total. The number of allylic oxidation sites excluding steroid dienone is 1. The van der Waals surface area contributed by atoms with E-state index >= 15 is 0 Å². The van der Waals surface area contributed by atoms with Crippen LogP contribution in [0.5, 0.6) is 0 Å². The largest absolute Gasteiger partial charge is 0.356 e. The minimum atomic E-state index is 0.0899. The minimum absolute atomic E-state index is 0.0899. The van der Waals surface area contributed by atoms with E-state index in [0.29, 0.717) is 13.0 Å². The summed E-state index contributed by atoms with van der Waals surface area (Å²) in [5.74, 6) is 0.0899. The Hall–Kier alpha value is -1.16. The monoisotopic (exact) mass is 197 g/mol. The van der Waals surface area contributed by atoms with Crippen LogP contribution in [0.15, 0.2) is 17.6 Å². The maximum Gasteiger partial charge on any atom is 0.221 e. The zero-order chi connectivity index (χ0) is 10.6.